The number of ether oxygens (including phenoxy) is 1. The predicted molar refractivity (Wildman–Crippen MR) is 131 cm³/mol. The van der Waals surface area contributed by atoms with E-state index in [0.717, 1.165) is 17.5 Å². The molecule has 1 amide bonds. The molecule has 0 saturated carbocycles. The first kappa shape index (κ1) is 24.0. The van der Waals surface area contributed by atoms with Gasteiger partial charge in [0.15, 0.2) is 0 Å². The van der Waals surface area contributed by atoms with Gasteiger partial charge in [-0.15, -0.1) is 10.2 Å². The number of aromatic nitrogens is 5. The van der Waals surface area contributed by atoms with Crippen LogP contribution in [0.4, 0.5) is 15.1 Å². The quantitative estimate of drug-likeness (QED) is 0.558. The third-order valence-corrected chi connectivity index (χ3v) is 6.87. The Bertz CT molecular complexity index is 1230. The van der Waals surface area contributed by atoms with Gasteiger partial charge in [0.05, 0.1) is 24.5 Å². The molecule has 0 aliphatic carbocycles. The van der Waals surface area contributed by atoms with Gasteiger partial charge >= 0.3 is 6.09 Å². The Morgan fingerprint density at radius 1 is 1.22 bits per heavy atom. The molecular weight excluding hydrogens is 465 g/mol. The van der Waals surface area contributed by atoms with E-state index < -0.39 is 29.9 Å². The van der Waals surface area contributed by atoms with Gasteiger partial charge in [-0.3, -0.25) is 10.00 Å². The number of amides is 1. The summed E-state index contributed by atoms with van der Waals surface area (Å²) in [6.07, 6.45) is 4.98. The molecule has 2 fully saturated rings. The van der Waals surface area contributed by atoms with Crippen LogP contribution in [-0.4, -0.2) is 78.4 Å². The van der Waals surface area contributed by atoms with E-state index >= 15 is 4.39 Å². The highest BCUT2D eigenvalue weighted by Gasteiger charge is 2.52. The van der Waals surface area contributed by atoms with Crippen LogP contribution in [0.5, 0.6) is 5.75 Å². The summed E-state index contributed by atoms with van der Waals surface area (Å²) in [5.74, 6) is 0.326. The van der Waals surface area contributed by atoms with Crippen molar-refractivity contribution in [2.24, 2.45) is 0 Å². The molecule has 5 rings (SSSR count). The number of aromatic amines is 1. The van der Waals surface area contributed by atoms with E-state index in [-0.39, 0.29) is 17.7 Å². The molecule has 2 aliphatic heterocycles. The van der Waals surface area contributed by atoms with Crippen LogP contribution in [0.3, 0.4) is 0 Å². The first-order valence-electron chi connectivity index (χ1n) is 12.0. The highest BCUT2D eigenvalue weighted by Crippen LogP contribution is 2.40. The van der Waals surface area contributed by atoms with Gasteiger partial charge in [0.25, 0.3) is 0 Å². The molecule has 1 aromatic carbocycles. The summed E-state index contributed by atoms with van der Waals surface area (Å²) in [5.41, 5.74) is 1.92. The predicted octanol–water partition coefficient (Wildman–Crippen LogP) is 3.95. The number of phenolic OH excluding ortho intramolecular Hbond substituents is 1. The molecule has 10 nitrogen and oxygen atoms in total. The number of anilines is 1. The Morgan fingerprint density at radius 3 is 2.67 bits per heavy atom. The summed E-state index contributed by atoms with van der Waals surface area (Å²) in [6.45, 7) is 5.42. The van der Waals surface area contributed by atoms with E-state index in [1.807, 2.05) is 26.8 Å². The smallest absolute Gasteiger partial charge is 0.410 e. The maximum absolute atomic E-state index is 15.7. The number of alkyl halides is 1. The van der Waals surface area contributed by atoms with Crippen molar-refractivity contribution >= 4 is 12.0 Å². The van der Waals surface area contributed by atoms with Crippen LogP contribution in [0, 0.1) is 0 Å². The lowest BCUT2D eigenvalue weighted by molar-refractivity contribution is -0.0104. The fourth-order valence-electron chi connectivity index (χ4n) is 5.13. The summed E-state index contributed by atoms with van der Waals surface area (Å²) >= 11 is 0. The topological polar surface area (TPSA) is 120 Å². The number of carbonyl (C=O) groups excluding carboxylic acids is 1. The number of hydrogen-bond donors (Lipinski definition) is 2. The minimum absolute atomic E-state index is 0.0424. The van der Waals surface area contributed by atoms with Gasteiger partial charge in [0.2, 0.25) is 5.95 Å². The number of piperidine rings is 1. The molecule has 2 saturated heterocycles. The SMILES string of the molecule is CN(c1ncc(-c2ccc(-c3cn[nH]c3)cc2O)nn1)[C@@H]1C[C@H]2CC[C@@H]([C@@H]1F)N2C(=O)OC(C)(C)C. The van der Waals surface area contributed by atoms with E-state index in [2.05, 4.69) is 25.4 Å². The van der Waals surface area contributed by atoms with Crippen LogP contribution < -0.4 is 4.90 Å². The zero-order valence-electron chi connectivity index (χ0n) is 20.7. The fourth-order valence-corrected chi connectivity index (χ4v) is 5.13. The van der Waals surface area contributed by atoms with Crippen molar-refractivity contribution < 1.29 is 19.0 Å². The molecule has 4 atom stereocenters. The van der Waals surface area contributed by atoms with Crippen LogP contribution in [-0.2, 0) is 4.74 Å². The van der Waals surface area contributed by atoms with E-state index in [1.54, 1.807) is 41.4 Å². The summed E-state index contributed by atoms with van der Waals surface area (Å²) in [7, 11) is 1.74. The molecule has 2 N–H and O–H groups in total. The van der Waals surface area contributed by atoms with Crippen molar-refractivity contribution in [2.45, 2.75) is 69.9 Å². The van der Waals surface area contributed by atoms with Gasteiger partial charge in [-0.1, -0.05) is 6.07 Å². The van der Waals surface area contributed by atoms with Crippen LogP contribution in [0.1, 0.15) is 40.0 Å². The van der Waals surface area contributed by atoms with Crippen molar-refractivity contribution in [1.82, 2.24) is 30.3 Å². The maximum atomic E-state index is 15.7. The molecule has 2 aromatic heterocycles. The summed E-state index contributed by atoms with van der Waals surface area (Å²) in [5, 5.41) is 25.7. The molecule has 2 bridgehead atoms. The lowest BCUT2D eigenvalue weighted by Crippen LogP contribution is -2.59. The highest BCUT2D eigenvalue weighted by atomic mass is 19.1. The number of phenols is 1. The van der Waals surface area contributed by atoms with Gasteiger partial charge in [-0.05, 0) is 57.7 Å². The van der Waals surface area contributed by atoms with Gasteiger partial charge < -0.3 is 14.7 Å². The highest BCUT2D eigenvalue weighted by molar-refractivity contribution is 5.73. The molecule has 36 heavy (non-hydrogen) atoms. The van der Waals surface area contributed by atoms with E-state index in [9.17, 15) is 9.90 Å². The zero-order valence-corrected chi connectivity index (χ0v) is 20.7. The summed E-state index contributed by atoms with van der Waals surface area (Å²) < 4.78 is 21.2. The molecule has 190 valence electrons. The number of halogens is 1. The number of aromatic hydroxyl groups is 1. The van der Waals surface area contributed by atoms with Gasteiger partial charge in [-0.2, -0.15) is 5.10 Å². The minimum Gasteiger partial charge on any atom is -0.507 e. The number of fused-ring (bicyclic) bond motifs is 2. The number of H-pyrrole nitrogens is 1. The van der Waals surface area contributed by atoms with E-state index in [1.165, 1.54) is 6.20 Å². The molecule has 4 heterocycles. The zero-order chi connectivity index (χ0) is 25.6. The maximum Gasteiger partial charge on any atom is 0.410 e. The Morgan fingerprint density at radius 2 is 2.03 bits per heavy atom. The van der Waals surface area contributed by atoms with Crippen molar-refractivity contribution in [2.75, 3.05) is 11.9 Å². The summed E-state index contributed by atoms with van der Waals surface area (Å²) in [4.78, 5) is 20.4. The van der Waals surface area contributed by atoms with Crippen LogP contribution in [0.15, 0.2) is 36.8 Å². The average Bonchev–Trinajstić information content (AvgIpc) is 3.48. The van der Waals surface area contributed by atoms with Crippen LogP contribution >= 0.6 is 0 Å². The second-order valence-corrected chi connectivity index (χ2v) is 10.4. The molecule has 0 spiro atoms. The van der Waals surface area contributed by atoms with E-state index in [0.29, 0.717) is 24.1 Å². The third kappa shape index (κ3) is 4.45. The first-order valence-corrected chi connectivity index (χ1v) is 12.0. The lowest BCUT2D eigenvalue weighted by atomic mass is 9.94. The van der Waals surface area contributed by atoms with Gasteiger partial charge in [0, 0.05) is 30.4 Å². The second-order valence-electron chi connectivity index (χ2n) is 10.4. The molecule has 2 aliphatic rings. The molecule has 11 heteroatoms. The van der Waals surface area contributed by atoms with Crippen molar-refractivity contribution in [3.05, 3.63) is 36.8 Å². The summed E-state index contributed by atoms with van der Waals surface area (Å²) in [6, 6.07) is 4.10. The standard InChI is InChI=1S/C25H30FN7O3/c1-25(2,3)36-24(35)33-16-6-8-19(33)22(26)20(10-16)32(4)23-27-13-18(30-31-23)17-7-5-14(9-21(17)34)15-11-28-29-12-15/h5,7,9,11-13,16,19-20,22,34H,6,8,10H2,1-4H3,(H,28,29)/t16-,19+,20-,22+/m1/s1. The Labute approximate surface area is 208 Å². The fraction of sp³-hybridized carbons (Fsp3) is 0.480. The van der Waals surface area contributed by atoms with Gasteiger partial charge in [0.1, 0.15) is 23.2 Å². The van der Waals surface area contributed by atoms with E-state index in [4.69, 9.17) is 4.74 Å². The average molecular weight is 496 g/mol. The third-order valence-electron chi connectivity index (χ3n) is 6.87. The van der Waals surface area contributed by atoms with Crippen LogP contribution in [0.2, 0.25) is 0 Å². The van der Waals surface area contributed by atoms with Gasteiger partial charge in [-0.25, -0.2) is 14.2 Å². The first-order chi connectivity index (χ1) is 17.1. The Balaban J connectivity index is 1.30. The molecule has 0 radical (unpaired) electrons. The largest absolute Gasteiger partial charge is 0.507 e. The minimum atomic E-state index is -1.27. The lowest BCUT2D eigenvalue weighted by Gasteiger charge is -2.44. The second kappa shape index (κ2) is 9.03. The number of rotatable bonds is 4. The Hall–Kier alpha value is -3.76. The number of benzene rings is 1. The van der Waals surface area contributed by atoms with Crippen molar-refractivity contribution in [3.8, 4) is 28.1 Å². The van der Waals surface area contributed by atoms with Crippen molar-refractivity contribution in [1.29, 1.82) is 0 Å². The number of hydrogen-bond acceptors (Lipinski definition) is 8. The normalized spacial score (nSPS) is 23.5. The number of nitrogens with zero attached hydrogens (tertiary/aromatic N) is 6. The number of nitrogens with one attached hydrogen (secondary N) is 1. The molecule has 3 aromatic rings. The molecule has 0 unspecified atom stereocenters. The van der Waals surface area contributed by atoms with Crippen molar-refractivity contribution in [3.63, 3.8) is 0 Å². The molecular formula is C25H30FN7O3. The number of carbonyl (C=O) groups is 1. The van der Waals surface area contributed by atoms with Crippen LogP contribution in [0.25, 0.3) is 22.4 Å². The Kier molecular flexibility index (Phi) is 6.01. The monoisotopic (exact) mass is 495 g/mol.